The van der Waals surface area contributed by atoms with E-state index in [9.17, 15) is 0 Å². The van der Waals surface area contributed by atoms with E-state index in [1.54, 1.807) is 14.2 Å². The Morgan fingerprint density at radius 1 is 1.14 bits per heavy atom. The smallest absolute Gasteiger partial charge is 0.0637 e. The molecular weight excluding hydrogens is 288 g/mol. The summed E-state index contributed by atoms with van der Waals surface area (Å²) in [5.74, 6) is 0. The highest BCUT2D eigenvalue weighted by atomic mass is 35.5. The molecule has 0 aromatic heterocycles. The van der Waals surface area contributed by atoms with Crippen molar-refractivity contribution in [2.75, 3.05) is 52.0 Å². The summed E-state index contributed by atoms with van der Waals surface area (Å²) in [5, 5.41) is 4.21. The average Bonchev–Trinajstić information content (AvgIpc) is 2.49. The second kappa shape index (κ2) is 10.9. The Hall–Kier alpha value is -0.810. The number of rotatable bonds is 11. The first kappa shape index (κ1) is 18.2. The van der Waals surface area contributed by atoms with Crippen LogP contribution in [0.15, 0.2) is 18.2 Å². The first-order chi connectivity index (χ1) is 10.2. The number of benzene rings is 1. The lowest BCUT2D eigenvalue weighted by Gasteiger charge is -2.27. The van der Waals surface area contributed by atoms with Gasteiger partial charge < -0.3 is 19.7 Å². The van der Waals surface area contributed by atoms with E-state index in [2.05, 4.69) is 23.2 Å². The van der Waals surface area contributed by atoms with Crippen molar-refractivity contribution < 1.29 is 9.47 Å². The van der Waals surface area contributed by atoms with Crippen LogP contribution in [0.3, 0.4) is 0 Å². The molecule has 0 fully saturated rings. The van der Waals surface area contributed by atoms with Crippen LogP contribution in [0.4, 0.5) is 5.69 Å². The van der Waals surface area contributed by atoms with Crippen molar-refractivity contribution in [3.8, 4) is 0 Å². The molecule has 0 spiro atoms. The minimum Gasteiger partial charge on any atom is -0.383 e. The van der Waals surface area contributed by atoms with Gasteiger partial charge in [-0.2, -0.15) is 0 Å². The zero-order chi connectivity index (χ0) is 15.5. The molecule has 0 saturated heterocycles. The van der Waals surface area contributed by atoms with Crippen LogP contribution in [0.1, 0.15) is 18.9 Å². The molecule has 5 heteroatoms. The van der Waals surface area contributed by atoms with Crippen molar-refractivity contribution in [3.05, 3.63) is 28.8 Å². The van der Waals surface area contributed by atoms with Crippen molar-refractivity contribution in [1.29, 1.82) is 0 Å². The molecule has 1 aromatic rings. The van der Waals surface area contributed by atoms with E-state index < -0.39 is 0 Å². The van der Waals surface area contributed by atoms with Gasteiger partial charge >= 0.3 is 0 Å². The minimum atomic E-state index is 0.689. The standard InChI is InChI=1S/C16H27ClN2O2/c1-4-7-18-13-14-12-15(17)5-6-16(14)19(8-10-20-2)9-11-21-3/h5-6,12,18H,4,7-11,13H2,1-3H3. The van der Waals surface area contributed by atoms with Gasteiger partial charge in [0.1, 0.15) is 0 Å². The van der Waals surface area contributed by atoms with Crippen LogP contribution in [0.2, 0.25) is 5.02 Å². The maximum absolute atomic E-state index is 6.15. The lowest BCUT2D eigenvalue weighted by Crippen LogP contribution is -2.32. The number of nitrogens with one attached hydrogen (secondary N) is 1. The topological polar surface area (TPSA) is 33.7 Å². The summed E-state index contributed by atoms with van der Waals surface area (Å²) in [6, 6.07) is 6.05. The molecule has 0 bridgehead atoms. The third-order valence-electron chi connectivity index (χ3n) is 3.26. The number of nitrogens with zero attached hydrogens (tertiary/aromatic N) is 1. The third-order valence-corrected chi connectivity index (χ3v) is 3.49. The van der Waals surface area contributed by atoms with Crippen LogP contribution in [-0.2, 0) is 16.0 Å². The summed E-state index contributed by atoms with van der Waals surface area (Å²) in [6.45, 7) is 7.03. The van der Waals surface area contributed by atoms with Gasteiger partial charge in [0.25, 0.3) is 0 Å². The zero-order valence-corrected chi connectivity index (χ0v) is 14.1. The molecule has 1 N–H and O–H groups in total. The number of methoxy groups -OCH3 is 2. The fraction of sp³-hybridized carbons (Fsp3) is 0.625. The minimum absolute atomic E-state index is 0.689. The molecule has 0 atom stereocenters. The van der Waals surface area contributed by atoms with Gasteiger partial charge in [-0.15, -0.1) is 0 Å². The maximum atomic E-state index is 6.15. The monoisotopic (exact) mass is 314 g/mol. The van der Waals surface area contributed by atoms with Crippen LogP contribution in [0.5, 0.6) is 0 Å². The molecule has 21 heavy (non-hydrogen) atoms. The summed E-state index contributed by atoms with van der Waals surface area (Å²) in [4.78, 5) is 2.28. The highest BCUT2D eigenvalue weighted by molar-refractivity contribution is 6.30. The Labute approximate surface area is 133 Å². The number of halogens is 1. The first-order valence-corrected chi connectivity index (χ1v) is 7.82. The molecule has 1 rings (SSSR count). The highest BCUT2D eigenvalue weighted by Crippen LogP contribution is 2.24. The Balaban J connectivity index is 2.87. The molecule has 0 amide bonds. The van der Waals surface area contributed by atoms with Crippen molar-refractivity contribution in [3.63, 3.8) is 0 Å². The number of hydrogen-bond donors (Lipinski definition) is 1. The number of anilines is 1. The average molecular weight is 315 g/mol. The van der Waals surface area contributed by atoms with Crippen molar-refractivity contribution in [1.82, 2.24) is 5.32 Å². The summed E-state index contributed by atoms with van der Waals surface area (Å²) >= 11 is 6.15. The van der Waals surface area contributed by atoms with Crippen molar-refractivity contribution in [2.24, 2.45) is 0 Å². The van der Waals surface area contributed by atoms with Gasteiger partial charge in [-0.05, 0) is 36.7 Å². The Bertz CT molecular complexity index is 394. The molecule has 0 aliphatic rings. The molecule has 1 aromatic carbocycles. The van der Waals surface area contributed by atoms with Gasteiger partial charge in [-0.3, -0.25) is 0 Å². The van der Waals surface area contributed by atoms with Crippen molar-refractivity contribution >= 4 is 17.3 Å². The number of ether oxygens (including phenoxy) is 2. The van der Waals surface area contributed by atoms with E-state index >= 15 is 0 Å². The summed E-state index contributed by atoms with van der Waals surface area (Å²) < 4.78 is 10.4. The Morgan fingerprint density at radius 3 is 2.38 bits per heavy atom. The van der Waals surface area contributed by atoms with Gasteiger partial charge in [0.05, 0.1) is 13.2 Å². The molecule has 120 valence electrons. The van der Waals surface area contributed by atoms with Crippen LogP contribution >= 0.6 is 11.6 Å². The SMILES string of the molecule is CCCNCc1cc(Cl)ccc1N(CCOC)CCOC. The summed E-state index contributed by atoms with van der Waals surface area (Å²) in [5.41, 5.74) is 2.40. The second-order valence-electron chi connectivity index (χ2n) is 4.92. The third kappa shape index (κ3) is 6.66. The molecule has 0 heterocycles. The summed E-state index contributed by atoms with van der Waals surface area (Å²) in [6.07, 6.45) is 1.12. The molecule has 0 aliphatic heterocycles. The number of hydrogen-bond acceptors (Lipinski definition) is 4. The zero-order valence-electron chi connectivity index (χ0n) is 13.3. The molecule has 4 nitrogen and oxygen atoms in total. The lowest BCUT2D eigenvalue weighted by molar-refractivity contribution is 0.190. The van der Waals surface area contributed by atoms with E-state index in [1.165, 1.54) is 11.3 Å². The fourth-order valence-electron chi connectivity index (χ4n) is 2.16. The largest absolute Gasteiger partial charge is 0.383 e. The van der Waals surface area contributed by atoms with Crippen LogP contribution < -0.4 is 10.2 Å². The van der Waals surface area contributed by atoms with E-state index in [0.717, 1.165) is 37.6 Å². The van der Waals surface area contributed by atoms with Crippen LogP contribution in [-0.4, -0.2) is 47.1 Å². The quantitative estimate of drug-likeness (QED) is 0.637. The predicted octanol–water partition coefficient (Wildman–Crippen LogP) is 2.94. The first-order valence-electron chi connectivity index (χ1n) is 7.44. The molecule has 0 aliphatic carbocycles. The van der Waals surface area contributed by atoms with E-state index in [0.29, 0.717) is 13.2 Å². The predicted molar refractivity (Wildman–Crippen MR) is 89.4 cm³/mol. The van der Waals surface area contributed by atoms with Gasteiger partial charge in [0, 0.05) is 44.6 Å². The van der Waals surface area contributed by atoms with E-state index in [1.807, 2.05) is 12.1 Å². The lowest BCUT2D eigenvalue weighted by atomic mass is 10.1. The molecular formula is C16H27ClN2O2. The van der Waals surface area contributed by atoms with E-state index in [-0.39, 0.29) is 0 Å². The van der Waals surface area contributed by atoms with Gasteiger partial charge in [0.2, 0.25) is 0 Å². The fourth-order valence-corrected chi connectivity index (χ4v) is 2.35. The van der Waals surface area contributed by atoms with Crippen LogP contribution in [0.25, 0.3) is 0 Å². The van der Waals surface area contributed by atoms with Gasteiger partial charge in [-0.25, -0.2) is 0 Å². The Morgan fingerprint density at radius 2 is 1.81 bits per heavy atom. The van der Waals surface area contributed by atoms with Gasteiger partial charge in [0.15, 0.2) is 0 Å². The Kier molecular flexibility index (Phi) is 9.42. The van der Waals surface area contributed by atoms with Gasteiger partial charge in [-0.1, -0.05) is 18.5 Å². The van der Waals surface area contributed by atoms with E-state index in [4.69, 9.17) is 21.1 Å². The van der Waals surface area contributed by atoms with Crippen LogP contribution in [0, 0.1) is 0 Å². The molecule has 0 unspecified atom stereocenters. The molecule has 0 radical (unpaired) electrons. The van der Waals surface area contributed by atoms with Crippen molar-refractivity contribution in [2.45, 2.75) is 19.9 Å². The summed E-state index contributed by atoms with van der Waals surface area (Å²) in [7, 11) is 3.44. The molecule has 0 saturated carbocycles. The normalized spacial score (nSPS) is 10.9. The highest BCUT2D eigenvalue weighted by Gasteiger charge is 2.11. The maximum Gasteiger partial charge on any atom is 0.0637 e. The second-order valence-corrected chi connectivity index (χ2v) is 5.36.